The van der Waals surface area contributed by atoms with Crippen molar-refractivity contribution in [2.45, 2.75) is 0 Å². The molecule has 10 heteroatoms. The summed E-state index contributed by atoms with van der Waals surface area (Å²) < 4.78 is 18.6. The summed E-state index contributed by atoms with van der Waals surface area (Å²) in [7, 11) is 1.58. The molecule has 0 spiro atoms. The Morgan fingerprint density at radius 2 is 1.94 bits per heavy atom. The normalized spacial score (nSPS) is 11.4. The fourth-order valence-electron chi connectivity index (χ4n) is 3.70. The SMILES string of the molecule is COc1cccc2oc(-c3nc4ccccc4c(=O)n3N=Cc3ccc(OCC(N)=O)c(Br)c3)cc12. The highest BCUT2D eigenvalue weighted by molar-refractivity contribution is 9.10. The number of aromatic nitrogens is 2. The number of fused-ring (bicyclic) bond motifs is 2. The number of carbonyl (C=O) groups is 1. The molecule has 1 amide bonds. The van der Waals surface area contributed by atoms with Crippen molar-refractivity contribution in [3.05, 3.63) is 87.1 Å². The van der Waals surface area contributed by atoms with E-state index < -0.39 is 5.91 Å². The van der Waals surface area contributed by atoms with Crippen LogP contribution in [0.5, 0.6) is 11.5 Å². The molecule has 5 rings (SSSR count). The van der Waals surface area contributed by atoms with E-state index in [2.05, 4.69) is 26.0 Å². The predicted octanol–water partition coefficient (Wildman–Crippen LogP) is 4.33. The minimum atomic E-state index is -0.577. The number of hydrogen-bond acceptors (Lipinski definition) is 7. The van der Waals surface area contributed by atoms with Crippen molar-refractivity contribution in [3.63, 3.8) is 0 Å². The van der Waals surface area contributed by atoms with Crippen LogP contribution in [0.1, 0.15) is 5.56 Å². The molecule has 0 unspecified atom stereocenters. The second-order valence-electron chi connectivity index (χ2n) is 7.74. The number of rotatable bonds is 7. The van der Waals surface area contributed by atoms with E-state index >= 15 is 0 Å². The maximum absolute atomic E-state index is 13.4. The van der Waals surface area contributed by atoms with Gasteiger partial charge in [0.05, 0.1) is 34.1 Å². The summed E-state index contributed by atoms with van der Waals surface area (Å²) in [6, 6.07) is 19.4. The van der Waals surface area contributed by atoms with Gasteiger partial charge in [-0.15, -0.1) is 0 Å². The van der Waals surface area contributed by atoms with Crippen molar-refractivity contribution in [1.29, 1.82) is 0 Å². The highest BCUT2D eigenvalue weighted by Crippen LogP contribution is 2.33. The van der Waals surface area contributed by atoms with E-state index in [1.54, 1.807) is 49.6 Å². The second-order valence-corrected chi connectivity index (χ2v) is 8.60. The Hall–Kier alpha value is -4.44. The summed E-state index contributed by atoms with van der Waals surface area (Å²) in [6.07, 6.45) is 1.52. The van der Waals surface area contributed by atoms with Crippen LogP contribution in [0.2, 0.25) is 0 Å². The Morgan fingerprint density at radius 3 is 2.72 bits per heavy atom. The van der Waals surface area contributed by atoms with E-state index in [0.29, 0.717) is 43.8 Å². The zero-order valence-corrected chi connectivity index (χ0v) is 20.6. The Labute approximate surface area is 212 Å². The molecule has 0 saturated heterocycles. The first-order valence-corrected chi connectivity index (χ1v) is 11.6. The minimum Gasteiger partial charge on any atom is -0.496 e. The molecule has 180 valence electrons. The number of hydrogen-bond donors (Lipinski definition) is 1. The van der Waals surface area contributed by atoms with Gasteiger partial charge in [0.25, 0.3) is 11.5 Å². The van der Waals surface area contributed by atoms with Gasteiger partial charge >= 0.3 is 0 Å². The monoisotopic (exact) mass is 546 g/mol. The van der Waals surface area contributed by atoms with Crippen LogP contribution >= 0.6 is 15.9 Å². The number of ether oxygens (including phenoxy) is 2. The molecule has 36 heavy (non-hydrogen) atoms. The van der Waals surface area contributed by atoms with Gasteiger partial charge < -0.3 is 19.6 Å². The van der Waals surface area contributed by atoms with E-state index in [-0.39, 0.29) is 18.0 Å². The first kappa shape index (κ1) is 23.3. The van der Waals surface area contributed by atoms with Crippen LogP contribution in [0.15, 0.2) is 85.5 Å². The van der Waals surface area contributed by atoms with Gasteiger partial charge in [-0.05, 0) is 70.0 Å². The maximum atomic E-state index is 13.4. The van der Waals surface area contributed by atoms with Crippen molar-refractivity contribution < 1.29 is 18.7 Å². The van der Waals surface area contributed by atoms with Gasteiger partial charge in [0.1, 0.15) is 17.1 Å². The maximum Gasteiger partial charge on any atom is 0.282 e. The molecule has 0 radical (unpaired) electrons. The van der Waals surface area contributed by atoms with Crippen molar-refractivity contribution in [2.24, 2.45) is 10.8 Å². The summed E-state index contributed by atoms with van der Waals surface area (Å²) in [5.41, 5.74) is 6.58. The number of nitrogens with zero attached hydrogens (tertiary/aromatic N) is 3. The molecule has 0 aliphatic carbocycles. The molecule has 0 fully saturated rings. The molecule has 0 bridgehead atoms. The summed E-state index contributed by atoms with van der Waals surface area (Å²) in [4.78, 5) is 29.1. The number of carbonyl (C=O) groups excluding carboxylic acids is 1. The molecule has 2 aromatic heterocycles. The van der Waals surface area contributed by atoms with E-state index in [0.717, 1.165) is 5.39 Å². The fourth-order valence-corrected chi connectivity index (χ4v) is 4.21. The van der Waals surface area contributed by atoms with Crippen LogP contribution in [0.4, 0.5) is 0 Å². The van der Waals surface area contributed by atoms with Crippen molar-refractivity contribution >= 4 is 49.9 Å². The van der Waals surface area contributed by atoms with Crippen molar-refractivity contribution in [1.82, 2.24) is 9.66 Å². The van der Waals surface area contributed by atoms with Crippen LogP contribution in [-0.4, -0.2) is 35.5 Å². The van der Waals surface area contributed by atoms with Crippen LogP contribution in [0.3, 0.4) is 0 Å². The molecule has 2 N–H and O–H groups in total. The Kier molecular flexibility index (Phi) is 6.26. The third-order valence-corrected chi connectivity index (χ3v) is 5.98. The van der Waals surface area contributed by atoms with E-state index in [9.17, 15) is 9.59 Å². The number of halogens is 1. The van der Waals surface area contributed by atoms with E-state index in [1.165, 1.54) is 10.9 Å². The van der Waals surface area contributed by atoms with E-state index in [1.807, 2.05) is 24.3 Å². The number of primary amides is 1. The average molecular weight is 547 g/mol. The molecular formula is C26H19BrN4O5. The summed E-state index contributed by atoms with van der Waals surface area (Å²) in [5, 5.41) is 5.62. The zero-order chi connectivity index (χ0) is 25.2. The number of methoxy groups -OCH3 is 1. The molecular weight excluding hydrogens is 528 g/mol. The fraction of sp³-hybridized carbons (Fsp3) is 0.0769. The van der Waals surface area contributed by atoms with Gasteiger partial charge in [-0.2, -0.15) is 9.78 Å². The van der Waals surface area contributed by atoms with E-state index in [4.69, 9.17) is 19.6 Å². The highest BCUT2D eigenvalue weighted by Gasteiger charge is 2.18. The lowest BCUT2D eigenvalue weighted by Gasteiger charge is -2.08. The summed E-state index contributed by atoms with van der Waals surface area (Å²) in [5.74, 6) is 1.13. The predicted molar refractivity (Wildman–Crippen MR) is 140 cm³/mol. The molecule has 0 aliphatic rings. The van der Waals surface area contributed by atoms with Gasteiger partial charge in [0.2, 0.25) is 5.82 Å². The minimum absolute atomic E-state index is 0.240. The molecule has 3 aromatic carbocycles. The van der Waals surface area contributed by atoms with Crippen molar-refractivity contribution in [3.8, 4) is 23.1 Å². The average Bonchev–Trinajstić information content (AvgIpc) is 3.32. The highest BCUT2D eigenvalue weighted by atomic mass is 79.9. The van der Waals surface area contributed by atoms with Gasteiger partial charge in [-0.3, -0.25) is 9.59 Å². The molecule has 0 saturated carbocycles. The first-order valence-electron chi connectivity index (χ1n) is 10.8. The van der Waals surface area contributed by atoms with Crippen molar-refractivity contribution in [2.75, 3.05) is 13.7 Å². The first-order chi connectivity index (χ1) is 17.4. The summed E-state index contributed by atoms with van der Waals surface area (Å²) >= 11 is 3.41. The van der Waals surface area contributed by atoms with Crippen LogP contribution in [0, 0.1) is 0 Å². The number of amides is 1. The number of benzene rings is 3. The third-order valence-electron chi connectivity index (χ3n) is 5.36. The van der Waals surface area contributed by atoms with Crippen LogP contribution < -0.4 is 20.8 Å². The lowest BCUT2D eigenvalue weighted by atomic mass is 10.2. The number of nitrogens with two attached hydrogens (primary N) is 1. The standard InChI is InChI=1S/C26H19BrN4O5/c1-34-20-7-4-8-21-17(20)12-23(36-21)25-30-19-6-3-2-5-16(19)26(33)31(25)29-13-15-9-10-22(18(27)11-15)35-14-24(28)32/h2-13H,14H2,1H3,(H2,28,32). The number of para-hydroxylation sites is 1. The molecule has 0 atom stereocenters. The molecule has 5 aromatic rings. The van der Waals surface area contributed by atoms with Crippen LogP contribution in [0.25, 0.3) is 33.5 Å². The number of furan rings is 1. The summed E-state index contributed by atoms with van der Waals surface area (Å²) in [6.45, 7) is -0.240. The van der Waals surface area contributed by atoms with Gasteiger partial charge in [0, 0.05) is 0 Å². The molecule has 0 aliphatic heterocycles. The Morgan fingerprint density at radius 1 is 1.11 bits per heavy atom. The molecule has 2 heterocycles. The quantitative estimate of drug-likeness (QED) is 0.303. The Bertz CT molecular complexity index is 1710. The van der Waals surface area contributed by atoms with Gasteiger partial charge in [0.15, 0.2) is 12.4 Å². The topological polar surface area (TPSA) is 122 Å². The lowest BCUT2D eigenvalue weighted by molar-refractivity contribution is -0.119. The van der Waals surface area contributed by atoms with Gasteiger partial charge in [-0.25, -0.2) is 4.98 Å². The lowest BCUT2D eigenvalue weighted by Crippen LogP contribution is -2.20. The third kappa shape index (κ3) is 4.46. The van der Waals surface area contributed by atoms with Crippen LogP contribution in [-0.2, 0) is 4.79 Å². The second kappa shape index (κ2) is 9.67. The molecule has 9 nitrogen and oxygen atoms in total. The van der Waals surface area contributed by atoms with Gasteiger partial charge in [-0.1, -0.05) is 18.2 Å². The smallest absolute Gasteiger partial charge is 0.282 e. The largest absolute Gasteiger partial charge is 0.496 e. The zero-order valence-electron chi connectivity index (χ0n) is 19.0. The Balaban J connectivity index is 1.61.